The van der Waals surface area contributed by atoms with Crippen molar-refractivity contribution in [3.8, 4) is 0 Å². The monoisotopic (exact) mass is 538 g/mol. The van der Waals surface area contributed by atoms with Gasteiger partial charge in [-0.15, -0.1) is 0 Å². The molecule has 0 saturated carbocycles. The number of hydrogen-bond donors (Lipinski definition) is 2. The second-order valence-corrected chi connectivity index (χ2v) is 9.73. The van der Waals surface area contributed by atoms with Gasteiger partial charge in [-0.2, -0.15) is 0 Å². The molecule has 6 nitrogen and oxygen atoms in total. The molecule has 0 unspecified atom stereocenters. The molecule has 1 saturated heterocycles. The number of anilines is 2. The van der Waals surface area contributed by atoms with Gasteiger partial charge in [-0.25, -0.2) is 0 Å². The minimum Gasteiger partial charge on any atom is -0.367 e. The van der Waals surface area contributed by atoms with Crippen molar-refractivity contribution in [3.63, 3.8) is 0 Å². The van der Waals surface area contributed by atoms with Crippen LogP contribution in [0.3, 0.4) is 0 Å². The van der Waals surface area contributed by atoms with Gasteiger partial charge in [0.15, 0.2) is 5.11 Å². The highest BCUT2D eigenvalue weighted by atomic mass is 35.5. The summed E-state index contributed by atoms with van der Waals surface area (Å²) in [4.78, 5) is 28.4. The van der Waals surface area contributed by atoms with E-state index >= 15 is 0 Å². The zero-order chi connectivity index (χ0) is 24.8. The summed E-state index contributed by atoms with van der Waals surface area (Å²) < 4.78 is 0. The van der Waals surface area contributed by atoms with Crippen LogP contribution in [0, 0.1) is 5.92 Å². The van der Waals surface area contributed by atoms with Crippen LogP contribution in [0.5, 0.6) is 0 Å². The van der Waals surface area contributed by atoms with Crippen LogP contribution in [0.1, 0.15) is 19.4 Å². The number of amides is 2. The topological polar surface area (TPSA) is 64.7 Å². The molecule has 0 spiro atoms. The molecule has 3 rings (SSSR count). The van der Waals surface area contributed by atoms with E-state index in [1.165, 1.54) is 6.08 Å². The highest BCUT2D eigenvalue weighted by molar-refractivity contribution is 7.80. The number of nitrogens with zero attached hydrogens (tertiary/aromatic N) is 2. The van der Waals surface area contributed by atoms with Crippen LogP contribution in [0.4, 0.5) is 11.4 Å². The van der Waals surface area contributed by atoms with Crippen LogP contribution < -0.4 is 15.5 Å². The fraction of sp³-hybridized carbons (Fsp3) is 0.292. The molecular weight excluding hydrogens is 515 g/mol. The van der Waals surface area contributed by atoms with Gasteiger partial charge in [0.1, 0.15) is 0 Å². The Morgan fingerprint density at radius 1 is 1.00 bits per heavy atom. The maximum atomic E-state index is 12.2. The van der Waals surface area contributed by atoms with Crippen LogP contribution in [-0.2, 0) is 9.59 Å². The predicted molar refractivity (Wildman–Crippen MR) is 145 cm³/mol. The number of carbonyl (C=O) groups excluding carboxylic acids is 2. The lowest BCUT2D eigenvalue weighted by Gasteiger charge is -2.37. The summed E-state index contributed by atoms with van der Waals surface area (Å²) >= 11 is 23.7. The fourth-order valence-electron chi connectivity index (χ4n) is 3.49. The Morgan fingerprint density at radius 2 is 1.71 bits per heavy atom. The maximum absolute atomic E-state index is 12.2. The molecule has 0 radical (unpaired) electrons. The maximum Gasteiger partial charge on any atom is 0.250 e. The summed E-state index contributed by atoms with van der Waals surface area (Å²) in [5, 5.41) is 7.21. The lowest BCUT2D eigenvalue weighted by molar-refractivity contribution is -0.134. The van der Waals surface area contributed by atoms with E-state index < -0.39 is 5.91 Å². The van der Waals surface area contributed by atoms with E-state index in [1.54, 1.807) is 30.3 Å². The molecule has 34 heavy (non-hydrogen) atoms. The van der Waals surface area contributed by atoms with Gasteiger partial charge < -0.3 is 15.1 Å². The zero-order valence-corrected chi connectivity index (χ0v) is 21.9. The van der Waals surface area contributed by atoms with E-state index in [1.807, 2.05) is 30.9 Å². The summed E-state index contributed by atoms with van der Waals surface area (Å²) in [6.07, 6.45) is 2.92. The molecular formula is C24H25Cl3N4O2S. The number of rotatable bonds is 5. The molecule has 0 bridgehead atoms. The van der Waals surface area contributed by atoms with Crippen LogP contribution in [-0.4, -0.2) is 48.0 Å². The SMILES string of the molecule is CC(C)C(=O)N1CCN(c2ccc(NC(=S)NC(=O)/C=C/c3ccc(Cl)cc3Cl)cc2Cl)CC1. The van der Waals surface area contributed by atoms with Crippen molar-refractivity contribution in [1.82, 2.24) is 10.2 Å². The number of halogens is 3. The zero-order valence-electron chi connectivity index (χ0n) is 18.8. The second kappa shape index (κ2) is 11.9. The summed E-state index contributed by atoms with van der Waals surface area (Å²) in [6.45, 7) is 6.58. The highest BCUT2D eigenvalue weighted by Crippen LogP contribution is 2.30. The van der Waals surface area contributed by atoms with Crippen LogP contribution >= 0.6 is 47.0 Å². The summed E-state index contributed by atoms with van der Waals surface area (Å²) in [5.74, 6) is -0.234. The average Bonchev–Trinajstić information content (AvgIpc) is 2.78. The van der Waals surface area contributed by atoms with Gasteiger partial charge in [-0.05, 0) is 54.2 Å². The van der Waals surface area contributed by atoms with E-state index in [-0.39, 0.29) is 16.9 Å². The molecule has 0 aliphatic carbocycles. The van der Waals surface area contributed by atoms with Crippen molar-refractivity contribution in [2.45, 2.75) is 13.8 Å². The Labute approximate surface area is 219 Å². The molecule has 0 aromatic heterocycles. The van der Waals surface area contributed by atoms with E-state index in [2.05, 4.69) is 15.5 Å². The quantitative estimate of drug-likeness (QED) is 0.389. The lowest BCUT2D eigenvalue weighted by atomic mass is 10.1. The third kappa shape index (κ3) is 7.09. The number of thiocarbonyl (C=S) groups is 1. The highest BCUT2D eigenvalue weighted by Gasteiger charge is 2.24. The van der Waals surface area contributed by atoms with Crippen LogP contribution in [0.15, 0.2) is 42.5 Å². The number of hydrogen-bond acceptors (Lipinski definition) is 4. The number of benzene rings is 2. The van der Waals surface area contributed by atoms with E-state index in [4.69, 9.17) is 47.0 Å². The van der Waals surface area contributed by atoms with Gasteiger partial charge in [0.2, 0.25) is 11.8 Å². The van der Waals surface area contributed by atoms with Gasteiger partial charge >= 0.3 is 0 Å². The van der Waals surface area contributed by atoms with Gasteiger partial charge in [0.05, 0.1) is 10.7 Å². The Balaban J connectivity index is 1.54. The van der Waals surface area contributed by atoms with E-state index in [0.717, 1.165) is 5.69 Å². The Hall–Kier alpha value is -2.32. The van der Waals surface area contributed by atoms with Crippen molar-refractivity contribution in [2.75, 3.05) is 36.4 Å². The molecule has 180 valence electrons. The molecule has 2 aromatic carbocycles. The van der Waals surface area contributed by atoms with E-state index in [0.29, 0.717) is 52.5 Å². The average molecular weight is 540 g/mol. The summed E-state index contributed by atoms with van der Waals surface area (Å²) in [6, 6.07) is 10.5. The molecule has 2 N–H and O–H groups in total. The first kappa shape index (κ1) is 26.3. The molecule has 1 heterocycles. The largest absolute Gasteiger partial charge is 0.367 e. The van der Waals surface area contributed by atoms with Crippen LogP contribution in [0.25, 0.3) is 6.08 Å². The lowest BCUT2D eigenvalue weighted by Crippen LogP contribution is -2.50. The van der Waals surface area contributed by atoms with Gasteiger partial charge in [0.25, 0.3) is 0 Å². The third-order valence-corrected chi connectivity index (χ3v) is 6.31. The molecule has 10 heteroatoms. The Kier molecular flexibility index (Phi) is 9.19. The third-order valence-electron chi connectivity index (χ3n) is 5.24. The molecule has 2 amide bonds. The molecule has 1 fully saturated rings. The number of nitrogens with one attached hydrogen (secondary N) is 2. The first-order valence-electron chi connectivity index (χ1n) is 10.7. The van der Waals surface area contributed by atoms with Crippen molar-refractivity contribution >= 4 is 81.4 Å². The minimum absolute atomic E-state index is 0.00412. The normalized spacial score (nSPS) is 13.9. The van der Waals surface area contributed by atoms with Gasteiger partial charge in [-0.3, -0.25) is 14.9 Å². The van der Waals surface area contributed by atoms with E-state index in [9.17, 15) is 9.59 Å². The molecule has 2 aromatic rings. The Bertz CT molecular complexity index is 1120. The first-order valence-corrected chi connectivity index (χ1v) is 12.3. The second-order valence-electron chi connectivity index (χ2n) is 8.08. The van der Waals surface area contributed by atoms with Crippen molar-refractivity contribution in [2.24, 2.45) is 5.92 Å². The Morgan fingerprint density at radius 3 is 2.32 bits per heavy atom. The number of piperazine rings is 1. The molecule has 1 aliphatic rings. The van der Waals surface area contributed by atoms with Crippen molar-refractivity contribution in [3.05, 3.63) is 63.1 Å². The molecule has 1 aliphatic heterocycles. The van der Waals surface area contributed by atoms with Gasteiger partial charge in [-0.1, -0.05) is 54.7 Å². The first-order chi connectivity index (χ1) is 16.1. The number of carbonyl (C=O) groups is 2. The van der Waals surface area contributed by atoms with Crippen molar-refractivity contribution < 1.29 is 9.59 Å². The smallest absolute Gasteiger partial charge is 0.250 e. The van der Waals surface area contributed by atoms with Gasteiger partial charge in [0, 0.05) is 53.9 Å². The minimum atomic E-state index is -0.403. The summed E-state index contributed by atoms with van der Waals surface area (Å²) in [7, 11) is 0. The predicted octanol–water partition coefficient (Wildman–Crippen LogP) is 5.48. The standard InChI is InChI=1S/C24H25Cl3N4O2S/c1-15(2)23(33)31-11-9-30(10-12-31)21-7-6-18(14-20(21)27)28-24(34)29-22(32)8-4-16-3-5-17(25)13-19(16)26/h3-8,13-15H,9-12H2,1-2H3,(H2,28,29,32,34)/b8-4+. The fourth-order valence-corrected chi connectivity index (χ4v) is 4.48. The van der Waals surface area contributed by atoms with Crippen LogP contribution in [0.2, 0.25) is 15.1 Å². The summed E-state index contributed by atoms with van der Waals surface area (Å²) in [5.41, 5.74) is 2.20. The molecule has 0 atom stereocenters. The van der Waals surface area contributed by atoms with Crippen molar-refractivity contribution in [1.29, 1.82) is 0 Å².